The van der Waals surface area contributed by atoms with Gasteiger partial charge in [-0.1, -0.05) is 48.5 Å². The second-order valence-electron chi connectivity index (χ2n) is 7.55. The van der Waals surface area contributed by atoms with E-state index in [4.69, 9.17) is 15.1 Å². The summed E-state index contributed by atoms with van der Waals surface area (Å²) in [5.41, 5.74) is 3.74. The highest BCUT2D eigenvalue weighted by molar-refractivity contribution is 7.89. The van der Waals surface area contributed by atoms with Gasteiger partial charge in [0.2, 0.25) is 10.0 Å². The van der Waals surface area contributed by atoms with Crippen molar-refractivity contribution < 1.29 is 8.42 Å². The van der Waals surface area contributed by atoms with Gasteiger partial charge in [0.05, 0.1) is 23.1 Å². The van der Waals surface area contributed by atoms with Gasteiger partial charge in [0.1, 0.15) is 10.7 Å². The first-order chi connectivity index (χ1) is 16.5. The molecule has 0 saturated heterocycles. The molecule has 0 saturated carbocycles. The quantitative estimate of drug-likeness (QED) is 0.386. The molecule has 0 aliphatic rings. The normalized spacial score (nSPS) is 11.4. The van der Waals surface area contributed by atoms with E-state index in [1.165, 1.54) is 12.4 Å². The van der Waals surface area contributed by atoms with Gasteiger partial charge in [-0.25, -0.2) is 23.5 Å². The van der Waals surface area contributed by atoms with Crippen LogP contribution in [0.2, 0.25) is 0 Å². The Kier molecular flexibility index (Phi) is 5.70. The molecule has 168 valence electrons. The van der Waals surface area contributed by atoms with E-state index in [9.17, 15) is 8.42 Å². The number of primary sulfonamides is 1. The highest BCUT2D eigenvalue weighted by Crippen LogP contribution is 2.35. The first-order valence-corrected chi connectivity index (χ1v) is 12.0. The SMILES string of the molecule is NS(=O)(=O)c1cnccc1-c1nc(NCc2ccccn2)c2c(-c3ccccc3)cccc2n1. The minimum Gasteiger partial charge on any atom is -0.364 e. The molecule has 3 aromatic heterocycles. The van der Waals surface area contributed by atoms with Crippen LogP contribution in [0, 0.1) is 0 Å². The maximum Gasteiger partial charge on any atom is 0.240 e. The molecule has 5 rings (SSSR count). The maximum absolute atomic E-state index is 12.2. The van der Waals surface area contributed by atoms with Gasteiger partial charge in [-0.05, 0) is 35.4 Å². The zero-order valence-electron chi connectivity index (χ0n) is 18.0. The third kappa shape index (κ3) is 4.34. The van der Waals surface area contributed by atoms with E-state index in [0.29, 0.717) is 17.9 Å². The fraction of sp³-hybridized carbons (Fsp3) is 0.0400. The summed E-state index contributed by atoms with van der Waals surface area (Å²) in [6.07, 6.45) is 4.42. The highest BCUT2D eigenvalue weighted by atomic mass is 32.2. The zero-order chi connectivity index (χ0) is 23.5. The lowest BCUT2D eigenvalue weighted by atomic mass is 10.0. The van der Waals surface area contributed by atoms with Gasteiger partial charge in [0.25, 0.3) is 0 Å². The number of anilines is 1. The molecule has 0 unspecified atom stereocenters. The number of benzene rings is 2. The second-order valence-corrected chi connectivity index (χ2v) is 9.08. The molecule has 0 radical (unpaired) electrons. The predicted octanol–water partition coefficient (Wildman–Crippen LogP) is 4.01. The third-order valence-electron chi connectivity index (χ3n) is 5.30. The Morgan fingerprint density at radius 3 is 2.41 bits per heavy atom. The molecule has 0 spiro atoms. The summed E-state index contributed by atoms with van der Waals surface area (Å²) >= 11 is 0. The molecule has 8 nitrogen and oxygen atoms in total. The van der Waals surface area contributed by atoms with Gasteiger partial charge in [-0.3, -0.25) is 9.97 Å². The summed E-state index contributed by atoms with van der Waals surface area (Å²) in [6, 6.07) is 23.0. The molecule has 0 aliphatic heterocycles. The van der Waals surface area contributed by atoms with E-state index in [1.807, 2.05) is 66.7 Å². The Labute approximate surface area is 196 Å². The first-order valence-electron chi connectivity index (χ1n) is 10.5. The van der Waals surface area contributed by atoms with Gasteiger partial charge >= 0.3 is 0 Å². The lowest BCUT2D eigenvalue weighted by Gasteiger charge is -2.15. The lowest BCUT2D eigenvalue weighted by Crippen LogP contribution is -2.14. The van der Waals surface area contributed by atoms with Crippen LogP contribution in [0.1, 0.15) is 5.69 Å². The van der Waals surface area contributed by atoms with Crippen molar-refractivity contribution in [2.45, 2.75) is 11.4 Å². The van der Waals surface area contributed by atoms with E-state index in [2.05, 4.69) is 15.3 Å². The van der Waals surface area contributed by atoms with Gasteiger partial charge in [0, 0.05) is 24.2 Å². The third-order valence-corrected chi connectivity index (χ3v) is 6.24. The van der Waals surface area contributed by atoms with E-state index < -0.39 is 10.0 Å². The number of sulfonamides is 1. The summed E-state index contributed by atoms with van der Waals surface area (Å²) in [5.74, 6) is 0.787. The smallest absolute Gasteiger partial charge is 0.240 e. The molecule has 3 N–H and O–H groups in total. The van der Waals surface area contributed by atoms with Crippen molar-refractivity contribution in [3.05, 3.63) is 97.1 Å². The molecule has 3 heterocycles. The Morgan fingerprint density at radius 1 is 0.824 bits per heavy atom. The van der Waals surface area contributed by atoms with Crippen molar-refractivity contribution in [2.75, 3.05) is 5.32 Å². The van der Waals surface area contributed by atoms with Crippen molar-refractivity contribution in [1.29, 1.82) is 0 Å². The number of fused-ring (bicyclic) bond motifs is 1. The van der Waals surface area contributed by atoms with E-state index in [1.54, 1.807) is 12.3 Å². The summed E-state index contributed by atoms with van der Waals surface area (Å²) in [5, 5.41) is 9.62. The number of nitrogens with zero attached hydrogens (tertiary/aromatic N) is 4. The largest absolute Gasteiger partial charge is 0.364 e. The molecular formula is C25H20N6O2S. The van der Waals surface area contributed by atoms with E-state index >= 15 is 0 Å². The number of aromatic nitrogens is 4. The van der Waals surface area contributed by atoms with Gasteiger partial charge < -0.3 is 5.32 Å². The van der Waals surface area contributed by atoms with E-state index in [-0.39, 0.29) is 16.3 Å². The molecule has 5 aromatic rings. The number of hydrogen-bond donors (Lipinski definition) is 2. The summed E-state index contributed by atoms with van der Waals surface area (Å²) in [6.45, 7) is 0.425. The summed E-state index contributed by atoms with van der Waals surface area (Å²) in [7, 11) is -4.03. The molecule has 2 aromatic carbocycles. The number of nitrogens with two attached hydrogens (primary N) is 1. The van der Waals surface area contributed by atoms with Crippen molar-refractivity contribution in [3.63, 3.8) is 0 Å². The molecule has 0 amide bonds. The number of rotatable bonds is 6. The van der Waals surface area contributed by atoms with Crippen LogP contribution in [0.4, 0.5) is 5.82 Å². The molecule has 0 atom stereocenters. The van der Waals surface area contributed by atoms with Crippen LogP contribution < -0.4 is 10.5 Å². The topological polar surface area (TPSA) is 124 Å². The van der Waals surface area contributed by atoms with Crippen LogP contribution in [-0.4, -0.2) is 28.4 Å². The standard InChI is InChI=1S/C25H20N6O2S/c26-34(32,33)22-16-27-14-12-20(22)24-30-21-11-6-10-19(17-7-2-1-3-8-17)23(21)25(31-24)29-15-18-9-4-5-13-28-18/h1-14,16H,15H2,(H2,26,32,33)(H,29,30,31). The molecule has 9 heteroatoms. The zero-order valence-corrected chi connectivity index (χ0v) is 18.8. The van der Waals surface area contributed by atoms with Gasteiger partial charge in [0.15, 0.2) is 5.82 Å². The number of hydrogen-bond acceptors (Lipinski definition) is 7. The summed E-state index contributed by atoms with van der Waals surface area (Å²) < 4.78 is 24.4. The Balaban J connectivity index is 1.73. The van der Waals surface area contributed by atoms with Crippen LogP contribution in [0.15, 0.2) is 96.3 Å². The van der Waals surface area contributed by atoms with Crippen molar-refractivity contribution >= 4 is 26.7 Å². The van der Waals surface area contributed by atoms with Gasteiger partial charge in [-0.2, -0.15) is 0 Å². The monoisotopic (exact) mass is 468 g/mol. The Morgan fingerprint density at radius 2 is 1.65 bits per heavy atom. The average Bonchev–Trinajstić information content (AvgIpc) is 2.87. The molecular weight excluding hydrogens is 448 g/mol. The van der Waals surface area contributed by atoms with Crippen molar-refractivity contribution in [2.24, 2.45) is 5.14 Å². The number of pyridine rings is 2. The van der Waals surface area contributed by atoms with Crippen LogP contribution in [-0.2, 0) is 16.6 Å². The maximum atomic E-state index is 12.2. The molecule has 0 fully saturated rings. The Bertz CT molecular complexity index is 1580. The molecule has 0 bridgehead atoms. The lowest BCUT2D eigenvalue weighted by molar-refractivity contribution is 0.597. The fourth-order valence-electron chi connectivity index (χ4n) is 3.76. The van der Waals surface area contributed by atoms with Crippen LogP contribution in [0.3, 0.4) is 0 Å². The van der Waals surface area contributed by atoms with Crippen LogP contribution >= 0.6 is 0 Å². The Hall–Kier alpha value is -4.21. The predicted molar refractivity (Wildman–Crippen MR) is 131 cm³/mol. The van der Waals surface area contributed by atoms with Crippen molar-refractivity contribution in [1.82, 2.24) is 19.9 Å². The fourth-order valence-corrected chi connectivity index (χ4v) is 4.43. The van der Waals surface area contributed by atoms with Crippen LogP contribution in [0.25, 0.3) is 33.4 Å². The number of nitrogens with one attached hydrogen (secondary N) is 1. The van der Waals surface area contributed by atoms with E-state index in [0.717, 1.165) is 22.2 Å². The average molecular weight is 469 g/mol. The summed E-state index contributed by atoms with van der Waals surface area (Å²) in [4.78, 5) is 17.6. The van der Waals surface area contributed by atoms with Crippen molar-refractivity contribution in [3.8, 4) is 22.5 Å². The minimum atomic E-state index is -4.03. The second kappa shape index (κ2) is 8.97. The minimum absolute atomic E-state index is 0.135. The first kappa shape index (κ1) is 21.6. The highest BCUT2D eigenvalue weighted by Gasteiger charge is 2.20. The molecule has 34 heavy (non-hydrogen) atoms. The molecule has 0 aliphatic carbocycles. The van der Waals surface area contributed by atoms with Crippen LogP contribution in [0.5, 0.6) is 0 Å². The van der Waals surface area contributed by atoms with Gasteiger partial charge in [-0.15, -0.1) is 0 Å².